The zero-order valence-electron chi connectivity index (χ0n) is 14.0. The number of aliphatic hydroxyl groups is 1. The topological polar surface area (TPSA) is 66.8 Å². The Labute approximate surface area is 150 Å². The van der Waals surface area contributed by atoms with Crippen LogP contribution in [0.15, 0.2) is 42.5 Å². The highest BCUT2D eigenvalue weighted by atomic mass is 35.5. The summed E-state index contributed by atoms with van der Waals surface area (Å²) < 4.78 is 5.03. The minimum Gasteiger partial charge on any atom is -0.466 e. The number of hydrogen-bond donors (Lipinski definition) is 1. The summed E-state index contributed by atoms with van der Waals surface area (Å²) in [6.07, 6.45) is -0.313. The minimum absolute atomic E-state index is 0.206. The summed E-state index contributed by atoms with van der Waals surface area (Å²) in [5.74, 6) is -0.818. The Bertz CT molecular complexity index is 851. The number of halogens is 1. The molecule has 0 radical (unpaired) electrons. The minimum atomic E-state index is -1.72. The van der Waals surface area contributed by atoms with Gasteiger partial charge in [0, 0.05) is 28.8 Å². The maximum atomic E-state index is 12.8. The molecule has 0 saturated carbocycles. The van der Waals surface area contributed by atoms with E-state index in [1.807, 2.05) is 0 Å². The van der Waals surface area contributed by atoms with E-state index in [0.717, 1.165) is 0 Å². The fourth-order valence-electron chi connectivity index (χ4n) is 3.21. The van der Waals surface area contributed by atoms with Crippen LogP contribution in [0, 0.1) is 0 Å². The molecule has 25 heavy (non-hydrogen) atoms. The summed E-state index contributed by atoms with van der Waals surface area (Å²) in [5.41, 5.74) is -0.125. The molecule has 0 aromatic heterocycles. The lowest BCUT2D eigenvalue weighted by Crippen LogP contribution is -2.32. The zero-order valence-corrected chi connectivity index (χ0v) is 14.7. The lowest BCUT2D eigenvalue weighted by molar-refractivity contribution is -0.147. The molecule has 130 valence electrons. The third-order valence-corrected chi connectivity index (χ3v) is 4.61. The van der Waals surface area contributed by atoms with E-state index in [1.54, 1.807) is 56.4 Å². The Balaban J connectivity index is 2.30. The lowest BCUT2D eigenvalue weighted by Gasteiger charge is -2.30. The number of nitrogens with zero attached hydrogens (tertiary/aromatic N) is 1. The summed E-state index contributed by atoms with van der Waals surface area (Å²) in [6, 6.07) is 11.6. The molecule has 1 amide bonds. The first-order valence-corrected chi connectivity index (χ1v) is 8.32. The average molecular weight is 360 g/mol. The molecule has 1 heterocycles. The number of rotatable bonds is 3. The largest absolute Gasteiger partial charge is 0.466 e. The highest BCUT2D eigenvalue weighted by Crippen LogP contribution is 2.44. The van der Waals surface area contributed by atoms with Crippen molar-refractivity contribution in [1.82, 2.24) is 0 Å². The van der Waals surface area contributed by atoms with Crippen LogP contribution in [0.1, 0.15) is 34.8 Å². The molecular formula is C19H18ClNO4. The van der Waals surface area contributed by atoms with E-state index in [-0.39, 0.29) is 18.9 Å². The van der Waals surface area contributed by atoms with Crippen LogP contribution in [0.2, 0.25) is 5.02 Å². The fourth-order valence-corrected chi connectivity index (χ4v) is 3.38. The Kier molecular flexibility index (Phi) is 4.54. The first-order chi connectivity index (χ1) is 11.9. The predicted octanol–water partition coefficient (Wildman–Crippen LogP) is 3.12. The molecule has 0 fully saturated rings. The molecular weight excluding hydrogens is 342 g/mol. The van der Waals surface area contributed by atoms with Crippen molar-refractivity contribution in [2.24, 2.45) is 0 Å². The van der Waals surface area contributed by atoms with Crippen LogP contribution in [-0.4, -0.2) is 30.6 Å². The van der Waals surface area contributed by atoms with Crippen LogP contribution >= 0.6 is 11.6 Å². The van der Waals surface area contributed by atoms with E-state index in [4.69, 9.17) is 16.3 Å². The summed E-state index contributed by atoms with van der Waals surface area (Å²) in [5, 5.41) is 12.0. The van der Waals surface area contributed by atoms with Gasteiger partial charge < -0.3 is 14.7 Å². The third-order valence-electron chi connectivity index (χ3n) is 4.38. The molecule has 0 spiro atoms. The number of fused-ring (bicyclic) bond motifs is 2. The smallest absolute Gasteiger partial charge is 0.309 e. The number of anilines is 1. The molecule has 1 N–H and O–H groups in total. The fraction of sp³-hybridized carbons (Fsp3) is 0.263. The summed E-state index contributed by atoms with van der Waals surface area (Å²) in [6.45, 7) is 1.91. The van der Waals surface area contributed by atoms with E-state index in [9.17, 15) is 14.7 Å². The van der Waals surface area contributed by atoms with Crippen LogP contribution in [0.3, 0.4) is 0 Å². The molecule has 6 heteroatoms. The van der Waals surface area contributed by atoms with E-state index in [1.165, 1.54) is 4.90 Å². The van der Waals surface area contributed by atoms with Crippen molar-refractivity contribution in [3.05, 3.63) is 64.2 Å². The van der Waals surface area contributed by atoms with Gasteiger partial charge in [-0.1, -0.05) is 29.8 Å². The van der Waals surface area contributed by atoms with Crippen LogP contribution in [-0.2, 0) is 15.1 Å². The van der Waals surface area contributed by atoms with Crippen molar-refractivity contribution in [1.29, 1.82) is 0 Å². The quantitative estimate of drug-likeness (QED) is 0.855. The van der Waals surface area contributed by atoms with Gasteiger partial charge in [-0.25, -0.2) is 0 Å². The maximum absolute atomic E-state index is 12.8. The molecule has 2 aromatic rings. The van der Waals surface area contributed by atoms with Crippen LogP contribution < -0.4 is 4.90 Å². The Morgan fingerprint density at radius 2 is 1.96 bits per heavy atom. The van der Waals surface area contributed by atoms with Gasteiger partial charge in [0.05, 0.1) is 18.7 Å². The number of hydrogen-bond acceptors (Lipinski definition) is 4. The lowest BCUT2D eigenvalue weighted by atomic mass is 9.81. The molecule has 1 unspecified atom stereocenters. The van der Waals surface area contributed by atoms with E-state index >= 15 is 0 Å². The molecule has 5 nitrogen and oxygen atoms in total. The first kappa shape index (κ1) is 17.5. The molecule has 1 atom stereocenters. The van der Waals surface area contributed by atoms with Gasteiger partial charge in [-0.15, -0.1) is 0 Å². The number of carbonyl (C=O) groups excluding carboxylic acids is 2. The van der Waals surface area contributed by atoms with Gasteiger partial charge >= 0.3 is 5.97 Å². The van der Waals surface area contributed by atoms with Gasteiger partial charge in [-0.2, -0.15) is 0 Å². The normalized spacial score (nSPS) is 19.0. The number of esters is 1. The number of carbonyl (C=O) groups is 2. The van der Waals surface area contributed by atoms with Gasteiger partial charge in [0.25, 0.3) is 5.91 Å². The number of ether oxygens (including phenoxy) is 1. The van der Waals surface area contributed by atoms with Gasteiger partial charge in [-0.05, 0) is 31.2 Å². The molecule has 3 rings (SSSR count). The molecule has 1 aliphatic rings. The van der Waals surface area contributed by atoms with Crippen LogP contribution in [0.5, 0.6) is 0 Å². The summed E-state index contributed by atoms with van der Waals surface area (Å²) in [4.78, 5) is 26.5. The average Bonchev–Trinajstić information content (AvgIpc) is 2.65. The van der Waals surface area contributed by atoms with E-state index in [0.29, 0.717) is 27.4 Å². The molecule has 0 aliphatic carbocycles. The van der Waals surface area contributed by atoms with E-state index < -0.39 is 11.6 Å². The Morgan fingerprint density at radius 3 is 2.68 bits per heavy atom. The SMILES string of the molecule is CCOC(=O)CC1(O)c2ccccc2C(=O)N(C)c2ccc(Cl)cc21. The second-order valence-electron chi connectivity index (χ2n) is 5.91. The van der Waals surface area contributed by atoms with Gasteiger partial charge in [0.1, 0.15) is 5.60 Å². The zero-order chi connectivity index (χ0) is 18.2. The third kappa shape index (κ3) is 2.90. The van der Waals surface area contributed by atoms with Crippen molar-refractivity contribution in [3.63, 3.8) is 0 Å². The van der Waals surface area contributed by atoms with Crippen molar-refractivity contribution < 1.29 is 19.4 Å². The van der Waals surface area contributed by atoms with Crippen molar-refractivity contribution >= 4 is 29.2 Å². The molecule has 0 saturated heterocycles. The summed E-state index contributed by atoms with van der Waals surface area (Å²) in [7, 11) is 1.63. The standard InChI is InChI=1S/C19H18ClNO4/c1-3-25-17(22)11-19(24)14-7-5-4-6-13(14)18(23)21(2)16-9-8-12(20)10-15(16)19/h4-10,24H,3,11H2,1-2H3. The molecule has 1 aliphatic heterocycles. The van der Waals surface area contributed by atoms with Crippen LogP contribution in [0.25, 0.3) is 0 Å². The second-order valence-corrected chi connectivity index (χ2v) is 6.35. The summed E-state index contributed by atoms with van der Waals surface area (Å²) >= 11 is 6.14. The monoisotopic (exact) mass is 359 g/mol. The first-order valence-electron chi connectivity index (χ1n) is 7.94. The predicted molar refractivity (Wildman–Crippen MR) is 94.9 cm³/mol. The van der Waals surface area contributed by atoms with Crippen LogP contribution in [0.4, 0.5) is 5.69 Å². The Morgan fingerprint density at radius 1 is 1.24 bits per heavy atom. The van der Waals surface area contributed by atoms with Crippen molar-refractivity contribution in [2.45, 2.75) is 18.9 Å². The van der Waals surface area contributed by atoms with Gasteiger partial charge in [-0.3, -0.25) is 9.59 Å². The van der Waals surface area contributed by atoms with Gasteiger partial charge in [0.15, 0.2) is 0 Å². The molecule has 2 aromatic carbocycles. The Hall–Kier alpha value is -2.37. The second kappa shape index (κ2) is 6.50. The number of amides is 1. The highest BCUT2D eigenvalue weighted by molar-refractivity contribution is 6.30. The maximum Gasteiger partial charge on any atom is 0.309 e. The van der Waals surface area contributed by atoms with Crippen molar-refractivity contribution in [3.8, 4) is 0 Å². The highest BCUT2D eigenvalue weighted by Gasteiger charge is 2.43. The van der Waals surface area contributed by atoms with E-state index in [2.05, 4.69) is 0 Å². The number of benzene rings is 2. The van der Waals surface area contributed by atoms with Gasteiger partial charge in [0.2, 0.25) is 0 Å². The molecule has 0 bridgehead atoms. The van der Waals surface area contributed by atoms with Crippen molar-refractivity contribution in [2.75, 3.05) is 18.6 Å².